The molecule has 4 amide bonds. The number of fused-ring (bicyclic) bond motifs is 1. The third-order valence-electron chi connectivity index (χ3n) is 5.32. The minimum atomic E-state index is -0.816. The molecule has 2 aromatic rings. The van der Waals surface area contributed by atoms with Crippen LogP contribution in [0.2, 0.25) is 0 Å². The molecule has 0 unspecified atom stereocenters. The maximum Gasteiger partial charge on any atom is 0.513 e. The predicted octanol–water partition coefficient (Wildman–Crippen LogP) is 3.17. The van der Waals surface area contributed by atoms with E-state index >= 15 is 0 Å². The molecule has 0 atom stereocenters. The summed E-state index contributed by atoms with van der Waals surface area (Å²) in [6.45, 7) is 7.80. The summed E-state index contributed by atoms with van der Waals surface area (Å²) >= 11 is 0. The maximum atomic E-state index is 12.7. The Balaban J connectivity index is 1.45. The van der Waals surface area contributed by atoms with Crippen LogP contribution in [-0.4, -0.2) is 59.9 Å². The molecular weight excluding hydrogens is 466 g/mol. The normalized spacial score (nSPS) is 12.7. The van der Waals surface area contributed by atoms with Gasteiger partial charge in [0.15, 0.2) is 0 Å². The second-order valence-electron chi connectivity index (χ2n) is 9.05. The lowest BCUT2D eigenvalue weighted by atomic mass is 10.1. The van der Waals surface area contributed by atoms with E-state index in [9.17, 15) is 24.0 Å². The van der Waals surface area contributed by atoms with Gasteiger partial charge in [0.25, 0.3) is 23.6 Å². The molecule has 1 heterocycles. The molecule has 2 aromatic carbocycles. The van der Waals surface area contributed by atoms with Crippen LogP contribution in [0.15, 0.2) is 42.5 Å². The molecule has 0 saturated carbocycles. The van der Waals surface area contributed by atoms with Crippen molar-refractivity contribution in [2.75, 3.05) is 19.7 Å². The van der Waals surface area contributed by atoms with Gasteiger partial charge in [-0.15, -0.1) is 0 Å². The summed E-state index contributed by atoms with van der Waals surface area (Å²) in [5, 5.41) is 5.49. The molecule has 0 aliphatic carbocycles. The summed E-state index contributed by atoms with van der Waals surface area (Å²) in [5.74, 6) is -1.21. The van der Waals surface area contributed by atoms with Crippen LogP contribution < -0.4 is 15.4 Å². The molecule has 0 bridgehead atoms. The van der Waals surface area contributed by atoms with Gasteiger partial charge in [0.2, 0.25) is 0 Å². The lowest BCUT2D eigenvalue weighted by molar-refractivity contribution is 0.0507. The average molecular weight is 496 g/mol. The third kappa shape index (κ3) is 6.07. The molecular formula is C26H29N3O7. The van der Waals surface area contributed by atoms with Crippen molar-refractivity contribution in [3.63, 3.8) is 0 Å². The van der Waals surface area contributed by atoms with E-state index in [0.717, 1.165) is 0 Å². The van der Waals surface area contributed by atoms with Crippen LogP contribution in [0.5, 0.6) is 5.75 Å². The van der Waals surface area contributed by atoms with Gasteiger partial charge in [-0.1, -0.05) is 0 Å². The van der Waals surface area contributed by atoms with Gasteiger partial charge in [-0.25, -0.2) is 4.79 Å². The second kappa shape index (κ2) is 11.0. The average Bonchev–Trinajstić information content (AvgIpc) is 3.08. The van der Waals surface area contributed by atoms with Crippen LogP contribution in [0.3, 0.4) is 0 Å². The zero-order valence-electron chi connectivity index (χ0n) is 20.7. The molecule has 0 fully saturated rings. The molecule has 0 radical (unpaired) electrons. The lowest BCUT2D eigenvalue weighted by Gasteiger charge is -2.29. The largest absolute Gasteiger partial charge is 0.513 e. The van der Waals surface area contributed by atoms with Crippen LogP contribution in [0.4, 0.5) is 4.79 Å². The highest BCUT2D eigenvalue weighted by atomic mass is 16.7. The maximum absolute atomic E-state index is 12.7. The topological polar surface area (TPSA) is 131 Å². The molecule has 1 aliphatic heterocycles. The van der Waals surface area contributed by atoms with Crippen molar-refractivity contribution < 1.29 is 33.4 Å². The number of hydrogen-bond donors (Lipinski definition) is 2. The zero-order valence-corrected chi connectivity index (χ0v) is 20.7. The van der Waals surface area contributed by atoms with Crippen molar-refractivity contribution in [1.82, 2.24) is 15.5 Å². The first-order chi connectivity index (χ1) is 17.0. The molecule has 1 aliphatic rings. The van der Waals surface area contributed by atoms with Crippen LogP contribution in [0.1, 0.15) is 75.5 Å². The van der Waals surface area contributed by atoms with Gasteiger partial charge in [-0.2, -0.15) is 0 Å². The van der Waals surface area contributed by atoms with Gasteiger partial charge in [0.05, 0.1) is 17.7 Å². The fourth-order valence-electron chi connectivity index (χ4n) is 3.61. The van der Waals surface area contributed by atoms with Crippen LogP contribution in [-0.2, 0) is 4.74 Å². The quantitative estimate of drug-likeness (QED) is 0.249. The Morgan fingerprint density at radius 3 is 1.97 bits per heavy atom. The fraction of sp³-hybridized carbons (Fsp3) is 0.346. The summed E-state index contributed by atoms with van der Waals surface area (Å²) in [6, 6.07) is 10.5. The smallest absolute Gasteiger partial charge is 0.434 e. The monoisotopic (exact) mass is 495 g/mol. The second-order valence-corrected chi connectivity index (χ2v) is 9.05. The SMILES string of the molecule is CCOC(=O)Oc1ccc(C(=O)NCCCNC(=O)c2ccc3c(c2)C(=O)N(C(C)(C)C)C3=O)cc1. The molecule has 36 heavy (non-hydrogen) atoms. The zero-order chi connectivity index (χ0) is 26.5. The Morgan fingerprint density at radius 2 is 1.39 bits per heavy atom. The predicted molar refractivity (Wildman–Crippen MR) is 130 cm³/mol. The summed E-state index contributed by atoms with van der Waals surface area (Å²) < 4.78 is 9.64. The fourth-order valence-corrected chi connectivity index (χ4v) is 3.61. The number of carbonyl (C=O) groups excluding carboxylic acids is 5. The van der Waals surface area contributed by atoms with Gasteiger partial charge < -0.3 is 20.1 Å². The Hall–Kier alpha value is -4.21. The molecule has 2 N–H and O–H groups in total. The summed E-state index contributed by atoms with van der Waals surface area (Å²) in [4.78, 5) is 62.6. The number of ether oxygens (including phenoxy) is 2. The van der Waals surface area contributed by atoms with E-state index in [1.165, 1.54) is 47.4 Å². The number of carbonyl (C=O) groups is 5. The Kier molecular flexibility index (Phi) is 8.08. The van der Waals surface area contributed by atoms with Gasteiger partial charge in [0.1, 0.15) is 5.75 Å². The minimum Gasteiger partial charge on any atom is -0.434 e. The summed E-state index contributed by atoms with van der Waals surface area (Å²) in [6.07, 6.45) is -0.342. The van der Waals surface area contributed by atoms with Crippen molar-refractivity contribution >= 4 is 29.8 Å². The number of rotatable bonds is 8. The third-order valence-corrected chi connectivity index (χ3v) is 5.32. The molecule has 0 saturated heterocycles. The Morgan fingerprint density at radius 1 is 0.833 bits per heavy atom. The van der Waals surface area contributed by atoms with E-state index < -0.39 is 17.6 Å². The van der Waals surface area contributed by atoms with E-state index in [0.29, 0.717) is 25.1 Å². The van der Waals surface area contributed by atoms with Gasteiger partial charge >= 0.3 is 6.16 Å². The van der Waals surface area contributed by atoms with E-state index in [-0.39, 0.29) is 46.8 Å². The first kappa shape index (κ1) is 26.4. The Bertz CT molecular complexity index is 1180. The number of benzene rings is 2. The summed E-state index contributed by atoms with van der Waals surface area (Å²) in [5.41, 5.74) is 0.498. The lowest BCUT2D eigenvalue weighted by Crippen LogP contribution is -2.45. The van der Waals surface area contributed by atoms with Crippen LogP contribution in [0, 0.1) is 0 Å². The van der Waals surface area contributed by atoms with Gasteiger partial charge in [-0.3, -0.25) is 24.1 Å². The molecule has 3 rings (SSSR count). The first-order valence-corrected chi connectivity index (χ1v) is 11.6. The van der Waals surface area contributed by atoms with Crippen molar-refractivity contribution in [2.24, 2.45) is 0 Å². The first-order valence-electron chi connectivity index (χ1n) is 11.6. The Labute approximate surface area is 208 Å². The van der Waals surface area contributed by atoms with Crippen molar-refractivity contribution in [1.29, 1.82) is 0 Å². The molecule has 10 nitrogen and oxygen atoms in total. The molecule has 190 valence electrons. The number of nitrogens with one attached hydrogen (secondary N) is 2. The van der Waals surface area contributed by atoms with E-state index in [2.05, 4.69) is 15.4 Å². The number of nitrogens with zero attached hydrogens (tertiary/aromatic N) is 1. The molecule has 10 heteroatoms. The standard InChI is InChI=1S/C26H29N3O7/c1-5-35-25(34)36-18-10-7-16(8-11-18)21(30)27-13-6-14-28-22(31)17-9-12-19-20(15-17)24(33)29(23(19)32)26(2,3)4/h7-12,15H,5-6,13-14H2,1-4H3,(H,27,30)(H,28,31). The summed E-state index contributed by atoms with van der Waals surface area (Å²) in [7, 11) is 0. The van der Waals surface area contributed by atoms with Crippen LogP contribution in [0.25, 0.3) is 0 Å². The molecule has 0 aromatic heterocycles. The number of amides is 4. The van der Waals surface area contributed by atoms with E-state index in [1.54, 1.807) is 27.7 Å². The van der Waals surface area contributed by atoms with E-state index in [4.69, 9.17) is 4.74 Å². The highest BCUT2D eigenvalue weighted by molar-refractivity contribution is 6.22. The molecule has 0 spiro atoms. The van der Waals surface area contributed by atoms with Crippen molar-refractivity contribution in [3.8, 4) is 5.75 Å². The van der Waals surface area contributed by atoms with Crippen molar-refractivity contribution in [3.05, 3.63) is 64.7 Å². The highest BCUT2D eigenvalue weighted by Crippen LogP contribution is 2.29. The highest BCUT2D eigenvalue weighted by Gasteiger charge is 2.42. The minimum absolute atomic E-state index is 0.198. The van der Waals surface area contributed by atoms with Crippen molar-refractivity contribution in [2.45, 2.75) is 39.7 Å². The van der Waals surface area contributed by atoms with Gasteiger partial charge in [0, 0.05) is 29.8 Å². The number of imide groups is 1. The van der Waals surface area contributed by atoms with Gasteiger partial charge in [-0.05, 0) is 76.6 Å². The van der Waals surface area contributed by atoms with E-state index in [1.807, 2.05) is 0 Å². The van der Waals surface area contributed by atoms with Crippen LogP contribution >= 0.6 is 0 Å². The number of hydrogen-bond acceptors (Lipinski definition) is 7.